The number of benzene rings is 2. The van der Waals surface area contributed by atoms with Gasteiger partial charge in [0.2, 0.25) is 6.79 Å². The molecule has 1 aliphatic heterocycles. The number of ether oxygens (including phenoxy) is 2. The third-order valence-corrected chi connectivity index (χ3v) is 4.83. The number of hydrogen-bond acceptors (Lipinski definition) is 4. The standard InChI is InChI=1S/C18H13FN2O3S/c1-2-7-21-13-8-14-15(24-10-23-14)9-16(13)25-18(21)20-17(22)11-5-3-4-6-12(11)19/h2-6,8-9H,1,7,10H2. The molecular formula is C18H13FN2O3S. The summed E-state index contributed by atoms with van der Waals surface area (Å²) in [6, 6.07) is 9.50. The zero-order chi connectivity index (χ0) is 17.4. The molecule has 1 amide bonds. The number of nitrogens with zero attached hydrogens (tertiary/aromatic N) is 2. The van der Waals surface area contributed by atoms with Gasteiger partial charge in [0.05, 0.1) is 15.8 Å². The molecule has 25 heavy (non-hydrogen) atoms. The molecule has 0 fully saturated rings. The first-order valence-corrected chi connectivity index (χ1v) is 8.36. The molecule has 0 saturated carbocycles. The lowest BCUT2D eigenvalue weighted by Crippen LogP contribution is -2.16. The Kier molecular flexibility index (Phi) is 3.85. The van der Waals surface area contributed by atoms with Crippen molar-refractivity contribution >= 4 is 27.5 Å². The third kappa shape index (κ3) is 2.72. The number of thiazole rings is 1. The van der Waals surface area contributed by atoms with E-state index in [-0.39, 0.29) is 12.4 Å². The van der Waals surface area contributed by atoms with Crippen molar-refractivity contribution in [2.75, 3.05) is 6.79 Å². The summed E-state index contributed by atoms with van der Waals surface area (Å²) >= 11 is 1.33. The lowest BCUT2D eigenvalue weighted by molar-refractivity contribution is 0.0994. The summed E-state index contributed by atoms with van der Waals surface area (Å²) in [5, 5.41) is 0. The molecule has 0 aliphatic carbocycles. The van der Waals surface area contributed by atoms with Gasteiger partial charge in [-0.15, -0.1) is 6.58 Å². The average Bonchev–Trinajstić information content (AvgIpc) is 3.18. The van der Waals surface area contributed by atoms with Crippen LogP contribution in [0.15, 0.2) is 54.0 Å². The fourth-order valence-electron chi connectivity index (χ4n) is 2.63. The Morgan fingerprint density at radius 3 is 2.84 bits per heavy atom. The molecule has 3 aromatic rings. The quantitative estimate of drug-likeness (QED) is 0.675. The van der Waals surface area contributed by atoms with Crippen molar-refractivity contribution in [2.45, 2.75) is 6.54 Å². The molecule has 0 radical (unpaired) electrons. The summed E-state index contributed by atoms with van der Waals surface area (Å²) in [6.45, 7) is 4.40. The van der Waals surface area contributed by atoms with E-state index in [0.29, 0.717) is 22.8 Å². The predicted molar refractivity (Wildman–Crippen MR) is 92.4 cm³/mol. The minimum atomic E-state index is -0.623. The van der Waals surface area contributed by atoms with Crippen LogP contribution in [-0.2, 0) is 6.54 Å². The number of carbonyl (C=O) groups excluding carboxylic acids is 1. The van der Waals surface area contributed by atoms with E-state index in [1.807, 2.05) is 16.7 Å². The molecule has 0 unspecified atom stereocenters. The van der Waals surface area contributed by atoms with E-state index in [0.717, 1.165) is 10.2 Å². The molecule has 0 bridgehead atoms. The zero-order valence-corrected chi connectivity index (χ0v) is 13.9. The maximum atomic E-state index is 13.8. The van der Waals surface area contributed by atoms with Gasteiger partial charge in [0, 0.05) is 18.7 Å². The smallest absolute Gasteiger partial charge is 0.282 e. The van der Waals surface area contributed by atoms with Gasteiger partial charge in [-0.25, -0.2) is 4.39 Å². The van der Waals surface area contributed by atoms with Crippen LogP contribution in [0, 0.1) is 5.82 Å². The number of rotatable bonds is 3. The summed E-state index contributed by atoms with van der Waals surface area (Å²) < 4.78 is 27.4. The van der Waals surface area contributed by atoms with Crippen molar-refractivity contribution < 1.29 is 18.7 Å². The SMILES string of the molecule is C=CCn1c(=NC(=O)c2ccccc2F)sc2cc3c(cc21)OCO3. The molecule has 126 valence electrons. The van der Waals surface area contributed by atoms with Crippen LogP contribution in [0.25, 0.3) is 10.2 Å². The van der Waals surface area contributed by atoms with Gasteiger partial charge in [0.15, 0.2) is 16.3 Å². The van der Waals surface area contributed by atoms with Crippen molar-refractivity contribution in [3.63, 3.8) is 0 Å². The van der Waals surface area contributed by atoms with Crippen LogP contribution in [0.2, 0.25) is 0 Å². The summed E-state index contributed by atoms with van der Waals surface area (Å²) in [5.41, 5.74) is 0.800. The first-order valence-electron chi connectivity index (χ1n) is 7.55. The first kappa shape index (κ1) is 15.6. The molecule has 0 spiro atoms. The molecule has 2 heterocycles. The molecule has 2 aromatic carbocycles. The van der Waals surface area contributed by atoms with Gasteiger partial charge in [-0.05, 0) is 12.1 Å². The number of carbonyl (C=O) groups is 1. The van der Waals surface area contributed by atoms with Crippen LogP contribution < -0.4 is 14.3 Å². The highest BCUT2D eigenvalue weighted by Crippen LogP contribution is 2.36. The van der Waals surface area contributed by atoms with E-state index in [1.165, 1.54) is 29.5 Å². The minimum Gasteiger partial charge on any atom is -0.454 e. The van der Waals surface area contributed by atoms with Gasteiger partial charge in [0.25, 0.3) is 5.91 Å². The molecule has 4 rings (SSSR count). The first-order chi connectivity index (χ1) is 12.2. The fraction of sp³-hybridized carbons (Fsp3) is 0.111. The van der Waals surface area contributed by atoms with Crippen LogP contribution in [0.4, 0.5) is 4.39 Å². The highest BCUT2D eigenvalue weighted by molar-refractivity contribution is 7.16. The Hall–Kier alpha value is -2.93. The molecule has 0 N–H and O–H groups in total. The summed E-state index contributed by atoms with van der Waals surface area (Å²) in [7, 11) is 0. The number of fused-ring (bicyclic) bond motifs is 2. The van der Waals surface area contributed by atoms with Gasteiger partial charge in [-0.1, -0.05) is 29.5 Å². The topological polar surface area (TPSA) is 52.8 Å². The highest BCUT2D eigenvalue weighted by atomic mass is 32.1. The second-order valence-electron chi connectivity index (χ2n) is 5.35. The number of halogens is 1. The van der Waals surface area contributed by atoms with Crippen LogP contribution in [0.1, 0.15) is 10.4 Å². The fourth-order valence-corrected chi connectivity index (χ4v) is 3.68. The summed E-state index contributed by atoms with van der Waals surface area (Å²) in [6.07, 6.45) is 1.71. The second-order valence-corrected chi connectivity index (χ2v) is 6.36. The normalized spacial score (nSPS) is 13.4. The number of amides is 1. The Balaban J connectivity index is 1.89. The summed E-state index contributed by atoms with van der Waals surface area (Å²) in [4.78, 5) is 17.0. The molecule has 5 nitrogen and oxygen atoms in total. The van der Waals surface area contributed by atoms with Crippen molar-refractivity contribution in [3.05, 3.63) is 65.2 Å². The molecular weight excluding hydrogens is 343 g/mol. The third-order valence-electron chi connectivity index (χ3n) is 3.79. The lowest BCUT2D eigenvalue weighted by Gasteiger charge is -2.02. The van der Waals surface area contributed by atoms with Crippen molar-refractivity contribution in [1.29, 1.82) is 0 Å². The Labute approximate surface area is 146 Å². The summed E-state index contributed by atoms with van der Waals surface area (Å²) in [5.74, 6) is 0.0949. The zero-order valence-electron chi connectivity index (χ0n) is 13.1. The van der Waals surface area contributed by atoms with E-state index < -0.39 is 11.7 Å². The van der Waals surface area contributed by atoms with E-state index >= 15 is 0 Å². The van der Waals surface area contributed by atoms with Gasteiger partial charge in [0.1, 0.15) is 5.82 Å². The van der Waals surface area contributed by atoms with Gasteiger partial charge in [-0.3, -0.25) is 4.79 Å². The van der Waals surface area contributed by atoms with Crippen LogP contribution in [0.5, 0.6) is 11.5 Å². The number of allylic oxidation sites excluding steroid dienone is 1. The Morgan fingerprint density at radius 1 is 1.32 bits per heavy atom. The largest absolute Gasteiger partial charge is 0.454 e. The molecule has 1 aromatic heterocycles. The Bertz CT molecular complexity index is 1070. The average molecular weight is 356 g/mol. The van der Waals surface area contributed by atoms with E-state index in [9.17, 15) is 9.18 Å². The number of aromatic nitrogens is 1. The van der Waals surface area contributed by atoms with E-state index in [4.69, 9.17) is 9.47 Å². The van der Waals surface area contributed by atoms with Crippen LogP contribution in [-0.4, -0.2) is 17.3 Å². The Morgan fingerprint density at radius 2 is 2.08 bits per heavy atom. The van der Waals surface area contributed by atoms with Crippen LogP contribution in [0.3, 0.4) is 0 Å². The van der Waals surface area contributed by atoms with E-state index in [1.54, 1.807) is 12.1 Å². The van der Waals surface area contributed by atoms with Crippen molar-refractivity contribution in [2.24, 2.45) is 4.99 Å². The van der Waals surface area contributed by atoms with Gasteiger partial charge < -0.3 is 14.0 Å². The second kappa shape index (κ2) is 6.18. The van der Waals surface area contributed by atoms with Crippen molar-refractivity contribution in [1.82, 2.24) is 4.57 Å². The van der Waals surface area contributed by atoms with E-state index in [2.05, 4.69) is 11.6 Å². The lowest BCUT2D eigenvalue weighted by atomic mass is 10.2. The van der Waals surface area contributed by atoms with Gasteiger partial charge >= 0.3 is 0 Å². The number of hydrogen-bond donors (Lipinski definition) is 0. The highest BCUT2D eigenvalue weighted by Gasteiger charge is 2.18. The molecule has 0 saturated heterocycles. The predicted octanol–water partition coefficient (Wildman–Crippen LogP) is 3.50. The molecule has 1 aliphatic rings. The maximum absolute atomic E-state index is 13.8. The maximum Gasteiger partial charge on any atom is 0.282 e. The molecule has 7 heteroatoms. The molecule has 0 atom stereocenters. The van der Waals surface area contributed by atoms with Gasteiger partial charge in [-0.2, -0.15) is 4.99 Å². The minimum absolute atomic E-state index is 0.0562. The van der Waals surface area contributed by atoms with Crippen molar-refractivity contribution in [3.8, 4) is 11.5 Å². The monoisotopic (exact) mass is 356 g/mol. The van der Waals surface area contributed by atoms with Crippen LogP contribution >= 0.6 is 11.3 Å².